The van der Waals surface area contributed by atoms with Crippen molar-refractivity contribution in [1.82, 2.24) is 10.3 Å². The zero-order valence-electron chi connectivity index (χ0n) is 11.3. The van der Waals surface area contributed by atoms with E-state index in [1.807, 2.05) is 19.1 Å². The number of rotatable bonds is 3. The van der Waals surface area contributed by atoms with E-state index in [2.05, 4.69) is 10.3 Å². The van der Waals surface area contributed by atoms with Crippen molar-refractivity contribution in [2.24, 2.45) is 5.92 Å². The lowest BCUT2D eigenvalue weighted by Gasteiger charge is -2.14. The van der Waals surface area contributed by atoms with Gasteiger partial charge in [-0.15, -0.1) is 11.3 Å². The number of thiophene rings is 1. The van der Waals surface area contributed by atoms with Gasteiger partial charge in [0.05, 0.1) is 11.8 Å². The lowest BCUT2D eigenvalue weighted by Crippen LogP contribution is -2.31. The van der Waals surface area contributed by atoms with Crippen LogP contribution in [0.25, 0.3) is 10.2 Å². The molecule has 0 saturated carbocycles. The second kappa shape index (κ2) is 5.38. The van der Waals surface area contributed by atoms with Crippen molar-refractivity contribution in [3.63, 3.8) is 0 Å². The number of hydrogen-bond donors (Lipinski definition) is 2. The first-order valence-electron chi connectivity index (χ1n) is 6.69. The quantitative estimate of drug-likeness (QED) is 0.907. The van der Waals surface area contributed by atoms with Crippen LogP contribution in [0.1, 0.15) is 23.0 Å². The van der Waals surface area contributed by atoms with Crippen LogP contribution in [-0.2, 0) is 4.74 Å². The van der Waals surface area contributed by atoms with Gasteiger partial charge in [-0.05, 0) is 25.5 Å². The van der Waals surface area contributed by atoms with E-state index in [1.54, 1.807) is 6.20 Å². The predicted molar refractivity (Wildman–Crippen MR) is 79.9 cm³/mol. The molecule has 0 spiro atoms. The molecule has 1 fully saturated rings. The third-order valence-corrected chi connectivity index (χ3v) is 4.90. The molecule has 1 saturated heterocycles. The highest BCUT2D eigenvalue weighted by Gasteiger charge is 2.25. The molecule has 3 N–H and O–H groups in total. The Labute approximate surface area is 121 Å². The summed E-state index contributed by atoms with van der Waals surface area (Å²) >= 11 is 1.34. The van der Waals surface area contributed by atoms with E-state index >= 15 is 0 Å². The maximum absolute atomic E-state index is 12.2. The van der Waals surface area contributed by atoms with E-state index in [0.717, 1.165) is 23.2 Å². The molecule has 1 aliphatic rings. The Balaban J connectivity index is 1.74. The van der Waals surface area contributed by atoms with Crippen LogP contribution in [0.15, 0.2) is 18.3 Å². The number of fused-ring (bicyclic) bond motifs is 1. The van der Waals surface area contributed by atoms with Crippen molar-refractivity contribution < 1.29 is 9.53 Å². The summed E-state index contributed by atoms with van der Waals surface area (Å²) in [6.45, 7) is 3.44. The van der Waals surface area contributed by atoms with E-state index in [-0.39, 0.29) is 12.0 Å². The van der Waals surface area contributed by atoms with Gasteiger partial charge in [-0.1, -0.05) is 0 Å². The number of carbonyl (C=O) groups is 1. The van der Waals surface area contributed by atoms with Crippen molar-refractivity contribution in [3.05, 3.63) is 23.2 Å². The molecule has 2 atom stereocenters. The van der Waals surface area contributed by atoms with Gasteiger partial charge < -0.3 is 15.8 Å². The highest BCUT2D eigenvalue weighted by Crippen LogP contribution is 2.31. The molecule has 6 heteroatoms. The van der Waals surface area contributed by atoms with Gasteiger partial charge in [-0.2, -0.15) is 0 Å². The number of pyridine rings is 1. The highest BCUT2D eigenvalue weighted by atomic mass is 32.1. The van der Waals surface area contributed by atoms with Gasteiger partial charge >= 0.3 is 0 Å². The first kappa shape index (κ1) is 13.3. The molecule has 0 aromatic carbocycles. The van der Waals surface area contributed by atoms with Crippen LogP contribution in [0.3, 0.4) is 0 Å². The summed E-state index contributed by atoms with van der Waals surface area (Å²) in [6.07, 6.45) is 2.90. The number of ether oxygens (including phenoxy) is 1. The normalized spacial score (nSPS) is 22.2. The van der Waals surface area contributed by atoms with Crippen molar-refractivity contribution in [1.29, 1.82) is 0 Å². The van der Waals surface area contributed by atoms with Gasteiger partial charge in [0.15, 0.2) is 0 Å². The molecule has 0 bridgehead atoms. The molecule has 0 aliphatic carbocycles. The molecule has 5 nitrogen and oxygen atoms in total. The number of carbonyl (C=O) groups excluding carboxylic acids is 1. The summed E-state index contributed by atoms with van der Waals surface area (Å²) in [5.74, 6) is 0.261. The Hall–Kier alpha value is -1.66. The molecule has 0 radical (unpaired) electrons. The monoisotopic (exact) mass is 291 g/mol. The average molecular weight is 291 g/mol. The second-order valence-corrected chi connectivity index (χ2v) is 6.03. The average Bonchev–Trinajstić information content (AvgIpc) is 3.01. The smallest absolute Gasteiger partial charge is 0.263 e. The first-order chi connectivity index (χ1) is 9.66. The maximum Gasteiger partial charge on any atom is 0.263 e. The van der Waals surface area contributed by atoms with Crippen LogP contribution < -0.4 is 11.1 Å². The molecule has 1 amide bonds. The molecule has 2 aromatic heterocycles. The van der Waals surface area contributed by atoms with Gasteiger partial charge in [0.25, 0.3) is 5.91 Å². The number of aromatic nitrogens is 1. The van der Waals surface area contributed by atoms with Crippen LogP contribution in [0.2, 0.25) is 0 Å². The summed E-state index contributed by atoms with van der Waals surface area (Å²) in [5, 5.41) is 3.80. The fraction of sp³-hybridized carbons (Fsp3) is 0.429. The predicted octanol–water partition coefficient (Wildman–Crippen LogP) is 2.03. The van der Waals surface area contributed by atoms with E-state index in [9.17, 15) is 4.79 Å². The van der Waals surface area contributed by atoms with Crippen LogP contribution in [0.4, 0.5) is 5.69 Å². The Kier molecular flexibility index (Phi) is 3.58. The van der Waals surface area contributed by atoms with Crippen molar-refractivity contribution >= 4 is 33.1 Å². The maximum atomic E-state index is 12.2. The number of nitrogens with two attached hydrogens (primary N) is 1. The zero-order valence-corrected chi connectivity index (χ0v) is 12.1. The minimum atomic E-state index is -0.121. The number of nitrogens with zero attached hydrogens (tertiary/aromatic N) is 1. The lowest BCUT2D eigenvalue weighted by molar-refractivity contribution is 0.0911. The third kappa shape index (κ3) is 2.36. The fourth-order valence-electron chi connectivity index (χ4n) is 2.47. The number of nitrogen functional groups attached to an aromatic ring is 1. The highest BCUT2D eigenvalue weighted by molar-refractivity contribution is 7.21. The summed E-state index contributed by atoms with van der Waals surface area (Å²) in [7, 11) is 0. The standard InChI is InChI=1S/C14H17N3O2S/c1-8-9(4-6-19-8)7-17-13(18)12-11(15)10-3-2-5-16-14(10)20-12/h2-3,5,8-9H,4,6-7,15H2,1H3,(H,17,18). The molecule has 3 heterocycles. The van der Waals surface area contributed by atoms with Crippen LogP contribution in [-0.4, -0.2) is 30.1 Å². The summed E-state index contributed by atoms with van der Waals surface area (Å²) in [4.78, 5) is 17.8. The van der Waals surface area contributed by atoms with Crippen LogP contribution in [0.5, 0.6) is 0 Å². The van der Waals surface area contributed by atoms with Crippen molar-refractivity contribution in [2.45, 2.75) is 19.4 Å². The Morgan fingerprint density at radius 1 is 1.65 bits per heavy atom. The molecule has 3 rings (SSSR count). The van der Waals surface area contributed by atoms with Gasteiger partial charge in [0.2, 0.25) is 0 Å². The molecular weight excluding hydrogens is 274 g/mol. The third-order valence-electron chi connectivity index (χ3n) is 3.77. The van der Waals surface area contributed by atoms with Crippen LogP contribution in [0, 0.1) is 5.92 Å². The van der Waals surface area contributed by atoms with Gasteiger partial charge in [-0.3, -0.25) is 4.79 Å². The molecule has 20 heavy (non-hydrogen) atoms. The molecule has 1 aliphatic heterocycles. The minimum absolute atomic E-state index is 0.121. The molecule has 2 unspecified atom stereocenters. The summed E-state index contributed by atoms with van der Waals surface area (Å²) in [6, 6.07) is 3.71. The van der Waals surface area contributed by atoms with Gasteiger partial charge in [0, 0.05) is 30.7 Å². The van der Waals surface area contributed by atoms with Crippen LogP contribution >= 0.6 is 11.3 Å². The number of nitrogens with one attached hydrogen (secondary N) is 1. The van der Waals surface area contributed by atoms with Crippen molar-refractivity contribution in [3.8, 4) is 0 Å². The second-order valence-electron chi connectivity index (χ2n) is 5.04. The van der Waals surface area contributed by atoms with E-state index < -0.39 is 0 Å². The van der Waals surface area contributed by atoms with Crippen molar-refractivity contribution in [2.75, 3.05) is 18.9 Å². The first-order valence-corrected chi connectivity index (χ1v) is 7.51. The fourth-order valence-corrected chi connectivity index (χ4v) is 3.45. The number of amides is 1. The van der Waals surface area contributed by atoms with E-state index in [4.69, 9.17) is 10.5 Å². The minimum Gasteiger partial charge on any atom is -0.397 e. The lowest BCUT2D eigenvalue weighted by atomic mass is 10.0. The van der Waals surface area contributed by atoms with Gasteiger partial charge in [-0.25, -0.2) is 4.98 Å². The largest absolute Gasteiger partial charge is 0.397 e. The molecular formula is C14H17N3O2S. The summed E-state index contributed by atoms with van der Waals surface area (Å²) < 4.78 is 5.49. The molecule has 2 aromatic rings. The Bertz CT molecular complexity index is 640. The molecule has 106 valence electrons. The Morgan fingerprint density at radius 3 is 3.20 bits per heavy atom. The zero-order chi connectivity index (χ0) is 14.1. The number of anilines is 1. The topological polar surface area (TPSA) is 77.2 Å². The van der Waals surface area contributed by atoms with E-state index in [0.29, 0.717) is 23.0 Å². The van der Waals surface area contributed by atoms with E-state index in [1.165, 1.54) is 11.3 Å². The SMILES string of the molecule is CC1OCCC1CNC(=O)c1sc2ncccc2c1N. The van der Waals surface area contributed by atoms with Gasteiger partial charge in [0.1, 0.15) is 9.71 Å². The Morgan fingerprint density at radius 2 is 2.50 bits per heavy atom. The number of hydrogen-bond acceptors (Lipinski definition) is 5. The summed E-state index contributed by atoms with van der Waals surface area (Å²) in [5.41, 5.74) is 6.56.